The van der Waals surface area contributed by atoms with Crippen molar-refractivity contribution in [1.82, 2.24) is 0 Å². The molecule has 2 rings (SSSR count). The summed E-state index contributed by atoms with van der Waals surface area (Å²) in [5.41, 5.74) is 11.4. The van der Waals surface area contributed by atoms with Crippen molar-refractivity contribution in [2.45, 2.75) is 13.8 Å². The minimum atomic E-state index is 0.836. The second kappa shape index (κ2) is 4.50. The Morgan fingerprint density at radius 2 is 1.82 bits per heavy atom. The Morgan fingerprint density at radius 1 is 1.06 bits per heavy atom. The highest BCUT2D eigenvalue weighted by Gasteiger charge is 2.06. The number of anilines is 1. The predicted octanol–water partition coefficient (Wildman–Crippen LogP) is 3.56. The van der Waals surface area contributed by atoms with E-state index in [2.05, 4.69) is 19.1 Å². The van der Waals surface area contributed by atoms with Crippen LogP contribution in [0.15, 0.2) is 36.4 Å². The third-order valence-electron chi connectivity index (χ3n) is 2.97. The molecule has 17 heavy (non-hydrogen) atoms. The van der Waals surface area contributed by atoms with Crippen LogP contribution in [0, 0.1) is 13.8 Å². The normalized spacial score (nSPS) is 10.3. The largest absolute Gasteiger partial charge is 0.497 e. The number of nitrogen functional groups attached to an aromatic ring is 1. The van der Waals surface area contributed by atoms with Crippen LogP contribution in [0.3, 0.4) is 0 Å². The molecule has 0 saturated heterocycles. The number of methoxy groups -OCH3 is 1. The molecule has 0 saturated carbocycles. The first-order valence-electron chi connectivity index (χ1n) is 5.63. The highest BCUT2D eigenvalue weighted by molar-refractivity contribution is 5.74. The van der Waals surface area contributed by atoms with Gasteiger partial charge in [0.15, 0.2) is 0 Å². The molecule has 0 aliphatic heterocycles. The summed E-state index contributed by atoms with van der Waals surface area (Å²) in [7, 11) is 1.68. The molecule has 0 aliphatic carbocycles. The van der Waals surface area contributed by atoms with Crippen LogP contribution in [-0.2, 0) is 0 Å². The highest BCUT2D eigenvalue weighted by atomic mass is 16.5. The standard InChI is InChI=1S/C15H17NO/c1-10-7-14(11(2)15(16)8-10)12-5-4-6-13(9-12)17-3/h4-9H,16H2,1-3H3. The van der Waals surface area contributed by atoms with Gasteiger partial charge in [-0.25, -0.2) is 0 Å². The summed E-state index contributed by atoms with van der Waals surface area (Å²) in [6.45, 7) is 4.10. The van der Waals surface area contributed by atoms with Crippen LogP contribution in [0.2, 0.25) is 0 Å². The van der Waals surface area contributed by atoms with Crippen LogP contribution < -0.4 is 10.5 Å². The van der Waals surface area contributed by atoms with Gasteiger partial charge >= 0.3 is 0 Å². The summed E-state index contributed by atoms with van der Waals surface area (Å²) in [5, 5.41) is 0. The number of rotatable bonds is 2. The molecule has 0 heterocycles. The van der Waals surface area contributed by atoms with Crippen LogP contribution in [0.1, 0.15) is 11.1 Å². The number of ether oxygens (including phenoxy) is 1. The average molecular weight is 227 g/mol. The minimum absolute atomic E-state index is 0.836. The zero-order valence-corrected chi connectivity index (χ0v) is 10.4. The van der Waals surface area contributed by atoms with Crippen LogP contribution in [0.25, 0.3) is 11.1 Å². The van der Waals surface area contributed by atoms with Crippen molar-refractivity contribution in [1.29, 1.82) is 0 Å². The van der Waals surface area contributed by atoms with E-state index in [1.165, 1.54) is 11.1 Å². The third-order valence-corrected chi connectivity index (χ3v) is 2.97. The maximum atomic E-state index is 6.00. The first-order valence-corrected chi connectivity index (χ1v) is 5.63. The first-order chi connectivity index (χ1) is 8.11. The van der Waals surface area contributed by atoms with Gasteiger partial charge in [0.05, 0.1) is 7.11 Å². The van der Waals surface area contributed by atoms with Gasteiger partial charge in [-0.05, 0) is 54.3 Å². The number of hydrogen-bond acceptors (Lipinski definition) is 2. The SMILES string of the molecule is COc1cccc(-c2cc(C)cc(N)c2C)c1. The molecule has 0 fully saturated rings. The van der Waals surface area contributed by atoms with E-state index in [0.717, 1.165) is 22.6 Å². The fraction of sp³-hybridized carbons (Fsp3) is 0.200. The Morgan fingerprint density at radius 3 is 2.53 bits per heavy atom. The molecular weight excluding hydrogens is 210 g/mol. The van der Waals surface area contributed by atoms with Crippen molar-refractivity contribution in [3.05, 3.63) is 47.5 Å². The van der Waals surface area contributed by atoms with E-state index in [4.69, 9.17) is 10.5 Å². The Labute approximate surface area is 102 Å². The van der Waals surface area contributed by atoms with Gasteiger partial charge in [0, 0.05) is 5.69 Å². The third kappa shape index (κ3) is 2.26. The van der Waals surface area contributed by atoms with Crippen molar-refractivity contribution in [3.63, 3.8) is 0 Å². The zero-order chi connectivity index (χ0) is 12.4. The monoisotopic (exact) mass is 227 g/mol. The van der Waals surface area contributed by atoms with E-state index in [1.807, 2.05) is 31.2 Å². The molecule has 2 heteroatoms. The zero-order valence-electron chi connectivity index (χ0n) is 10.4. The fourth-order valence-corrected chi connectivity index (χ4v) is 1.98. The van der Waals surface area contributed by atoms with Gasteiger partial charge in [0.2, 0.25) is 0 Å². The lowest BCUT2D eigenvalue weighted by molar-refractivity contribution is 0.415. The maximum Gasteiger partial charge on any atom is 0.119 e. The van der Waals surface area contributed by atoms with Crippen LogP contribution in [-0.4, -0.2) is 7.11 Å². The fourth-order valence-electron chi connectivity index (χ4n) is 1.98. The lowest BCUT2D eigenvalue weighted by Crippen LogP contribution is -1.94. The van der Waals surface area contributed by atoms with E-state index in [1.54, 1.807) is 7.11 Å². The minimum Gasteiger partial charge on any atom is -0.497 e. The van der Waals surface area contributed by atoms with Crippen molar-refractivity contribution in [3.8, 4) is 16.9 Å². The van der Waals surface area contributed by atoms with Gasteiger partial charge in [0.25, 0.3) is 0 Å². The van der Waals surface area contributed by atoms with E-state index >= 15 is 0 Å². The van der Waals surface area contributed by atoms with E-state index < -0.39 is 0 Å². The molecular formula is C15H17NO. The molecule has 88 valence electrons. The molecule has 2 aromatic rings. The summed E-state index contributed by atoms with van der Waals surface area (Å²) in [6, 6.07) is 12.2. The number of benzene rings is 2. The highest BCUT2D eigenvalue weighted by Crippen LogP contribution is 2.30. The predicted molar refractivity (Wildman–Crippen MR) is 72.3 cm³/mol. The number of hydrogen-bond donors (Lipinski definition) is 1. The van der Waals surface area contributed by atoms with Gasteiger partial charge in [-0.1, -0.05) is 18.2 Å². The Bertz CT molecular complexity index is 547. The van der Waals surface area contributed by atoms with Crippen molar-refractivity contribution in [2.75, 3.05) is 12.8 Å². The smallest absolute Gasteiger partial charge is 0.119 e. The molecule has 0 unspecified atom stereocenters. The first kappa shape index (κ1) is 11.5. The molecule has 0 bridgehead atoms. The lowest BCUT2D eigenvalue weighted by Gasteiger charge is -2.11. The van der Waals surface area contributed by atoms with E-state index in [0.29, 0.717) is 0 Å². The van der Waals surface area contributed by atoms with Crippen LogP contribution >= 0.6 is 0 Å². The summed E-state index contributed by atoms with van der Waals surface area (Å²) in [6.07, 6.45) is 0. The van der Waals surface area contributed by atoms with Crippen molar-refractivity contribution in [2.24, 2.45) is 0 Å². The van der Waals surface area contributed by atoms with Crippen molar-refractivity contribution < 1.29 is 4.74 Å². The van der Waals surface area contributed by atoms with Crippen molar-refractivity contribution >= 4 is 5.69 Å². The summed E-state index contributed by atoms with van der Waals surface area (Å²) >= 11 is 0. The van der Waals surface area contributed by atoms with E-state index in [-0.39, 0.29) is 0 Å². The second-order valence-electron chi connectivity index (χ2n) is 4.26. The van der Waals surface area contributed by atoms with E-state index in [9.17, 15) is 0 Å². The summed E-state index contributed by atoms with van der Waals surface area (Å²) in [4.78, 5) is 0. The quantitative estimate of drug-likeness (QED) is 0.796. The van der Waals surface area contributed by atoms with Gasteiger partial charge in [0.1, 0.15) is 5.75 Å². The van der Waals surface area contributed by atoms with Gasteiger partial charge in [-0.15, -0.1) is 0 Å². The van der Waals surface area contributed by atoms with Gasteiger partial charge < -0.3 is 10.5 Å². The molecule has 2 nitrogen and oxygen atoms in total. The molecule has 0 spiro atoms. The molecule has 0 amide bonds. The molecule has 0 aromatic heterocycles. The number of nitrogens with two attached hydrogens (primary N) is 1. The Hall–Kier alpha value is -1.96. The molecule has 2 aromatic carbocycles. The number of aryl methyl sites for hydroxylation is 1. The van der Waals surface area contributed by atoms with Crippen LogP contribution in [0.5, 0.6) is 5.75 Å². The molecule has 0 radical (unpaired) electrons. The summed E-state index contributed by atoms with van der Waals surface area (Å²) in [5.74, 6) is 0.863. The maximum absolute atomic E-state index is 6.00. The second-order valence-corrected chi connectivity index (χ2v) is 4.26. The molecule has 0 aliphatic rings. The van der Waals surface area contributed by atoms with Gasteiger partial charge in [-0.3, -0.25) is 0 Å². The summed E-state index contributed by atoms with van der Waals surface area (Å²) < 4.78 is 5.25. The van der Waals surface area contributed by atoms with Crippen LogP contribution in [0.4, 0.5) is 5.69 Å². The molecule has 0 atom stereocenters. The lowest BCUT2D eigenvalue weighted by atomic mass is 9.97. The average Bonchev–Trinajstić information content (AvgIpc) is 2.34. The Balaban J connectivity index is 2.59. The topological polar surface area (TPSA) is 35.2 Å². The molecule has 2 N–H and O–H groups in total. The van der Waals surface area contributed by atoms with Gasteiger partial charge in [-0.2, -0.15) is 0 Å². The Kier molecular flexibility index (Phi) is 3.05.